The van der Waals surface area contributed by atoms with Crippen LogP contribution in [0.25, 0.3) is 0 Å². The number of nitrogens with one attached hydrogen (secondary N) is 2. The van der Waals surface area contributed by atoms with E-state index in [0.717, 1.165) is 27.5 Å². The van der Waals surface area contributed by atoms with E-state index in [2.05, 4.69) is 10.0 Å². The number of amides is 1. The summed E-state index contributed by atoms with van der Waals surface area (Å²) in [5.41, 5.74) is 2.01. The Bertz CT molecular complexity index is 997. The van der Waals surface area contributed by atoms with Gasteiger partial charge in [-0.25, -0.2) is 8.42 Å². The third-order valence-corrected chi connectivity index (χ3v) is 7.23. The minimum absolute atomic E-state index is 0.126. The molecule has 0 aliphatic heterocycles. The van der Waals surface area contributed by atoms with Crippen LogP contribution in [0, 0.1) is 0 Å². The Hall–Kier alpha value is -2.29. The number of thiophene rings is 1. The fourth-order valence-corrected chi connectivity index (χ4v) is 4.84. The zero-order chi connectivity index (χ0) is 19.3. The van der Waals surface area contributed by atoms with Crippen LogP contribution in [0.2, 0.25) is 0 Å². The lowest BCUT2D eigenvalue weighted by atomic mass is 10.1. The maximum absolute atomic E-state index is 12.2. The Morgan fingerprint density at radius 1 is 1.00 bits per heavy atom. The van der Waals surface area contributed by atoms with E-state index in [1.807, 2.05) is 30.5 Å². The van der Waals surface area contributed by atoms with Crippen LogP contribution in [-0.2, 0) is 21.2 Å². The van der Waals surface area contributed by atoms with Gasteiger partial charge in [-0.2, -0.15) is 0 Å². The highest BCUT2D eigenvalue weighted by Crippen LogP contribution is 2.21. The molecule has 0 bridgehead atoms. The zero-order valence-electron chi connectivity index (χ0n) is 14.5. The van der Waals surface area contributed by atoms with Gasteiger partial charge in [0.1, 0.15) is 4.21 Å². The number of rotatable bonds is 7. The molecule has 2 aromatic carbocycles. The normalized spacial score (nSPS) is 11.1. The molecule has 0 fully saturated rings. The van der Waals surface area contributed by atoms with Crippen molar-refractivity contribution in [2.45, 2.75) is 15.5 Å². The number of thioether (sulfide) groups is 1. The summed E-state index contributed by atoms with van der Waals surface area (Å²) in [4.78, 5) is 13.3. The van der Waals surface area contributed by atoms with E-state index in [9.17, 15) is 13.2 Å². The zero-order valence-corrected chi connectivity index (χ0v) is 17.0. The summed E-state index contributed by atoms with van der Waals surface area (Å²) in [6.07, 6.45) is 2.21. The van der Waals surface area contributed by atoms with Crippen molar-refractivity contribution in [1.29, 1.82) is 0 Å². The van der Waals surface area contributed by atoms with Crippen LogP contribution in [0.15, 0.2) is 75.1 Å². The minimum atomic E-state index is -3.56. The molecule has 0 radical (unpaired) electrons. The first-order valence-corrected chi connectivity index (χ1v) is 11.6. The second-order valence-electron chi connectivity index (χ2n) is 5.69. The molecule has 0 unspecified atom stereocenters. The molecular formula is C19H18N2O3S3. The predicted octanol–water partition coefficient (Wildman–Crippen LogP) is 4.45. The largest absolute Gasteiger partial charge is 0.326 e. The summed E-state index contributed by atoms with van der Waals surface area (Å²) in [7, 11) is -3.56. The molecule has 27 heavy (non-hydrogen) atoms. The SMILES string of the molecule is CSc1ccc(NC(=O)Cc2ccc(NS(=O)(=O)c3cccs3)cc2)cc1. The Kier molecular flexibility index (Phi) is 6.20. The number of benzene rings is 2. The molecule has 0 aliphatic rings. The standard InChI is InChI=1S/C19H18N2O3S3/c1-25-17-10-8-15(9-11-17)20-18(22)13-14-4-6-16(7-5-14)21-27(23,24)19-3-2-12-26-19/h2-12,21H,13H2,1H3,(H,20,22). The summed E-state index contributed by atoms with van der Waals surface area (Å²) in [5.74, 6) is -0.126. The monoisotopic (exact) mass is 418 g/mol. The van der Waals surface area contributed by atoms with Crippen LogP contribution in [0.3, 0.4) is 0 Å². The highest BCUT2D eigenvalue weighted by molar-refractivity contribution is 7.98. The van der Waals surface area contributed by atoms with Gasteiger partial charge in [-0.05, 0) is 59.7 Å². The van der Waals surface area contributed by atoms with E-state index in [-0.39, 0.29) is 16.5 Å². The average molecular weight is 419 g/mol. The van der Waals surface area contributed by atoms with Gasteiger partial charge in [-0.3, -0.25) is 9.52 Å². The Morgan fingerprint density at radius 3 is 2.26 bits per heavy atom. The van der Waals surface area contributed by atoms with E-state index >= 15 is 0 Å². The first kappa shape index (κ1) is 19.5. The highest BCUT2D eigenvalue weighted by atomic mass is 32.2. The summed E-state index contributed by atoms with van der Waals surface area (Å²) >= 11 is 2.80. The molecule has 0 saturated carbocycles. The van der Waals surface area contributed by atoms with Crippen LogP contribution in [0.1, 0.15) is 5.56 Å². The number of hydrogen-bond acceptors (Lipinski definition) is 5. The lowest BCUT2D eigenvalue weighted by Crippen LogP contribution is -2.14. The first-order valence-electron chi connectivity index (χ1n) is 8.05. The lowest BCUT2D eigenvalue weighted by molar-refractivity contribution is -0.115. The van der Waals surface area contributed by atoms with Crippen molar-refractivity contribution in [3.05, 3.63) is 71.6 Å². The van der Waals surface area contributed by atoms with Gasteiger partial charge < -0.3 is 5.32 Å². The van der Waals surface area contributed by atoms with Crippen LogP contribution >= 0.6 is 23.1 Å². The topological polar surface area (TPSA) is 75.3 Å². The van der Waals surface area contributed by atoms with E-state index in [4.69, 9.17) is 0 Å². The number of carbonyl (C=O) groups is 1. The molecule has 0 aliphatic carbocycles. The number of sulfonamides is 1. The van der Waals surface area contributed by atoms with Crippen LogP contribution < -0.4 is 10.0 Å². The molecule has 0 spiro atoms. The van der Waals surface area contributed by atoms with Gasteiger partial charge in [0, 0.05) is 16.3 Å². The van der Waals surface area contributed by atoms with Crippen LogP contribution in [0.5, 0.6) is 0 Å². The smallest absolute Gasteiger partial charge is 0.271 e. The van der Waals surface area contributed by atoms with Gasteiger partial charge in [0.15, 0.2) is 0 Å². The van der Waals surface area contributed by atoms with E-state index in [1.54, 1.807) is 53.5 Å². The molecule has 2 N–H and O–H groups in total. The second-order valence-corrected chi connectivity index (χ2v) is 9.42. The second kappa shape index (κ2) is 8.60. The molecule has 0 saturated heterocycles. The Balaban J connectivity index is 1.59. The predicted molar refractivity (Wildman–Crippen MR) is 112 cm³/mol. The van der Waals surface area contributed by atoms with Gasteiger partial charge >= 0.3 is 0 Å². The molecule has 0 atom stereocenters. The fraction of sp³-hybridized carbons (Fsp3) is 0.105. The number of carbonyl (C=O) groups excluding carboxylic acids is 1. The molecule has 3 rings (SSSR count). The molecule has 1 amide bonds. The number of hydrogen-bond donors (Lipinski definition) is 2. The summed E-state index contributed by atoms with van der Waals surface area (Å²) in [6, 6.07) is 17.7. The van der Waals surface area contributed by atoms with Gasteiger partial charge in [-0.15, -0.1) is 23.1 Å². The maximum atomic E-state index is 12.2. The molecule has 8 heteroatoms. The summed E-state index contributed by atoms with van der Waals surface area (Å²) in [6.45, 7) is 0. The van der Waals surface area contributed by atoms with Gasteiger partial charge in [0.05, 0.1) is 6.42 Å². The Morgan fingerprint density at radius 2 is 1.67 bits per heavy atom. The van der Waals surface area contributed by atoms with Crippen molar-refractivity contribution in [2.24, 2.45) is 0 Å². The van der Waals surface area contributed by atoms with Crippen molar-refractivity contribution < 1.29 is 13.2 Å². The van der Waals surface area contributed by atoms with Crippen molar-refractivity contribution in [1.82, 2.24) is 0 Å². The Labute approximate surface area is 166 Å². The third-order valence-electron chi connectivity index (χ3n) is 3.70. The molecule has 1 aromatic heterocycles. The lowest BCUT2D eigenvalue weighted by Gasteiger charge is -2.08. The fourth-order valence-electron chi connectivity index (χ4n) is 2.38. The van der Waals surface area contributed by atoms with E-state index in [1.165, 1.54) is 0 Å². The van der Waals surface area contributed by atoms with Gasteiger partial charge in [0.25, 0.3) is 10.0 Å². The van der Waals surface area contributed by atoms with Gasteiger partial charge in [-0.1, -0.05) is 18.2 Å². The highest BCUT2D eigenvalue weighted by Gasteiger charge is 2.15. The van der Waals surface area contributed by atoms with Crippen molar-refractivity contribution in [3.63, 3.8) is 0 Å². The number of anilines is 2. The third kappa shape index (κ3) is 5.35. The summed E-state index contributed by atoms with van der Waals surface area (Å²) < 4.78 is 27.2. The minimum Gasteiger partial charge on any atom is -0.326 e. The van der Waals surface area contributed by atoms with Crippen molar-refractivity contribution in [2.75, 3.05) is 16.3 Å². The van der Waals surface area contributed by atoms with E-state index < -0.39 is 10.0 Å². The van der Waals surface area contributed by atoms with Crippen molar-refractivity contribution >= 4 is 50.4 Å². The molecule has 5 nitrogen and oxygen atoms in total. The molecule has 140 valence electrons. The van der Waals surface area contributed by atoms with E-state index in [0.29, 0.717) is 5.69 Å². The van der Waals surface area contributed by atoms with Crippen LogP contribution in [-0.4, -0.2) is 20.6 Å². The molecule has 1 heterocycles. The maximum Gasteiger partial charge on any atom is 0.271 e. The average Bonchev–Trinajstić information content (AvgIpc) is 3.19. The van der Waals surface area contributed by atoms with Gasteiger partial charge in [0.2, 0.25) is 5.91 Å². The molecule has 3 aromatic rings. The molecular weight excluding hydrogens is 400 g/mol. The summed E-state index contributed by atoms with van der Waals surface area (Å²) in [5, 5.41) is 4.57. The van der Waals surface area contributed by atoms with Crippen molar-refractivity contribution in [3.8, 4) is 0 Å². The quantitative estimate of drug-likeness (QED) is 0.556. The first-order chi connectivity index (χ1) is 13.0. The van der Waals surface area contributed by atoms with Crippen LogP contribution in [0.4, 0.5) is 11.4 Å².